The first kappa shape index (κ1) is 17.6. The van der Waals surface area contributed by atoms with E-state index >= 15 is 0 Å². The maximum Gasteiger partial charge on any atom is 0.307 e. The van der Waals surface area contributed by atoms with Crippen molar-refractivity contribution >= 4 is 5.97 Å². The Kier molecular flexibility index (Phi) is 5.47. The van der Waals surface area contributed by atoms with Crippen LogP contribution < -0.4 is 9.47 Å². The van der Waals surface area contributed by atoms with Crippen LogP contribution in [0.2, 0.25) is 0 Å². The number of nitrogens with zero attached hydrogens (tertiary/aromatic N) is 1. The van der Waals surface area contributed by atoms with Crippen LogP contribution in [0.5, 0.6) is 11.5 Å². The van der Waals surface area contributed by atoms with Gasteiger partial charge in [0.1, 0.15) is 6.10 Å². The number of hydrogen-bond donors (Lipinski definition) is 0. The SMILES string of the molecule is CCOC(=O)CC(C#N)c1ccc(OC)c(OC2CC3CCC2C3)c1. The fraction of sp³-hybridized carbons (Fsp3) is 0.600. The Morgan fingerprint density at radius 2 is 2.16 bits per heavy atom. The molecule has 0 amide bonds. The molecule has 5 nitrogen and oxygen atoms in total. The number of carbonyl (C=O) groups excluding carboxylic acids is 1. The first-order valence-electron chi connectivity index (χ1n) is 9.04. The number of hydrogen-bond acceptors (Lipinski definition) is 5. The summed E-state index contributed by atoms with van der Waals surface area (Å²) in [5.41, 5.74) is 0.759. The smallest absolute Gasteiger partial charge is 0.307 e. The number of ether oxygens (including phenoxy) is 3. The molecule has 0 saturated heterocycles. The molecule has 0 N–H and O–H groups in total. The van der Waals surface area contributed by atoms with Crippen LogP contribution in [0.4, 0.5) is 0 Å². The van der Waals surface area contributed by atoms with Crippen LogP contribution in [0.1, 0.15) is 50.5 Å². The summed E-state index contributed by atoms with van der Waals surface area (Å²) in [6, 6.07) is 7.67. The summed E-state index contributed by atoms with van der Waals surface area (Å²) in [6.07, 6.45) is 5.19. The summed E-state index contributed by atoms with van der Waals surface area (Å²) in [5, 5.41) is 9.45. The molecule has 2 saturated carbocycles. The predicted molar refractivity (Wildman–Crippen MR) is 92.5 cm³/mol. The van der Waals surface area contributed by atoms with Gasteiger partial charge in [0, 0.05) is 0 Å². The van der Waals surface area contributed by atoms with Crippen molar-refractivity contribution in [2.24, 2.45) is 11.8 Å². The molecule has 0 spiro atoms. The normalized spacial score (nSPS) is 25.2. The molecule has 2 aliphatic rings. The van der Waals surface area contributed by atoms with Gasteiger partial charge < -0.3 is 14.2 Å². The maximum atomic E-state index is 11.7. The highest BCUT2D eigenvalue weighted by Gasteiger charge is 2.41. The quantitative estimate of drug-likeness (QED) is 0.704. The van der Waals surface area contributed by atoms with Crippen molar-refractivity contribution in [1.29, 1.82) is 5.26 Å². The molecule has 2 fully saturated rings. The van der Waals surface area contributed by atoms with Crippen LogP contribution in [0.3, 0.4) is 0 Å². The number of methoxy groups -OCH3 is 1. The van der Waals surface area contributed by atoms with E-state index in [0.717, 1.165) is 17.9 Å². The third-order valence-corrected chi connectivity index (χ3v) is 5.37. The lowest BCUT2D eigenvalue weighted by atomic mass is 9.96. The van der Waals surface area contributed by atoms with Crippen LogP contribution >= 0.6 is 0 Å². The van der Waals surface area contributed by atoms with Crippen molar-refractivity contribution in [2.75, 3.05) is 13.7 Å². The minimum atomic E-state index is -0.549. The second-order valence-corrected chi connectivity index (χ2v) is 6.93. The van der Waals surface area contributed by atoms with E-state index in [2.05, 4.69) is 6.07 Å². The van der Waals surface area contributed by atoms with E-state index in [4.69, 9.17) is 14.2 Å². The van der Waals surface area contributed by atoms with E-state index in [9.17, 15) is 10.1 Å². The van der Waals surface area contributed by atoms with E-state index in [-0.39, 0.29) is 18.5 Å². The second kappa shape index (κ2) is 7.77. The average Bonchev–Trinajstić information content (AvgIpc) is 3.23. The molecule has 3 rings (SSSR count). The van der Waals surface area contributed by atoms with Crippen LogP contribution in [0.25, 0.3) is 0 Å². The minimum absolute atomic E-state index is 0.0459. The Labute approximate surface area is 148 Å². The van der Waals surface area contributed by atoms with Crippen LogP contribution in [-0.2, 0) is 9.53 Å². The van der Waals surface area contributed by atoms with E-state index in [1.165, 1.54) is 19.3 Å². The van der Waals surface area contributed by atoms with E-state index in [1.54, 1.807) is 14.0 Å². The zero-order chi connectivity index (χ0) is 17.8. The molecular formula is C20H25NO4. The Bertz CT molecular complexity index is 666. The molecule has 0 heterocycles. The fourth-order valence-electron chi connectivity index (χ4n) is 4.12. The standard InChI is InChI=1S/C20H25NO4/c1-3-24-20(22)11-16(12-21)14-6-7-17(23-2)19(10-14)25-18-9-13-4-5-15(18)8-13/h6-7,10,13,15-16,18H,3-5,8-9,11H2,1-2H3. The van der Waals surface area contributed by atoms with Gasteiger partial charge in [-0.15, -0.1) is 0 Å². The molecular weight excluding hydrogens is 318 g/mol. The van der Waals surface area contributed by atoms with E-state index in [1.807, 2.05) is 18.2 Å². The minimum Gasteiger partial charge on any atom is -0.493 e. The number of benzene rings is 1. The van der Waals surface area contributed by atoms with Crippen molar-refractivity contribution in [2.45, 2.75) is 51.0 Å². The average molecular weight is 343 g/mol. The van der Waals surface area contributed by atoms with Gasteiger partial charge >= 0.3 is 5.97 Å². The zero-order valence-corrected chi connectivity index (χ0v) is 14.9. The molecule has 2 bridgehead atoms. The highest BCUT2D eigenvalue weighted by Crippen LogP contribution is 2.47. The van der Waals surface area contributed by atoms with Crippen LogP contribution in [0.15, 0.2) is 18.2 Å². The molecule has 5 heteroatoms. The number of rotatable bonds is 7. The number of nitriles is 1. The first-order chi connectivity index (χ1) is 12.1. The van der Waals surface area contributed by atoms with Gasteiger partial charge in [-0.3, -0.25) is 4.79 Å². The highest BCUT2D eigenvalue weighted by molar-refractivity contribution is 5.71. The Morgan fingerprint density at radius 1 is 1.32 bits per heavy atom. The lowest BCUT2D eigenvalue weighted by Crippen LogP contribution is -2.23. The van der Waals surface area contributed by atoms with Crippen LogP contribution in [-0.4, -0.2) is 25.8 Å². The number of carbonyl (C=O) groups is 1. The number of esters is 1. The summed E-state index contributed by atoms with van der Waals surface area (Å²) in [7, 11) is 1.61. The maximum absolute atomic E-state index is 11.7. The van der Waals surface area contributed by atoms with Gasteiger partial charge in [-0.1, -0.05) is 6.07 Å². The summed E-state index contributed by atoms with van der Waals surface area (Å²) >= 11 is 0. The Balaban J connectivity index is 1.77. The fourth-order valence-corrected chi connectivity index (χ4v) is 4.12. The summed E-state index contributed by atoms with van der Waals surface area (Å²) in [5.74, 6) is 1.85. The molecule has 0 aromatic heterocycles. The number of fused-ring (bicyclic) bond motifs is 2. The topological polar surface area (TPSA) is 68.6 Å². The second-order valence-electron chi connectivity index (χ2n) is 6.93. The van der Waals surface area contributed by atoms with Crippen molar-refractivity contribution in [3.8, 4) is 17.6 Å². The summed E-state index contributed by atoms with van der Waals surface area (Å²) < 4.78 is 16.7. The highest BCUT2D eigenvalue weighted by atomic mass is 16.5. The van der Waals surface area contributed by atoms with Crippen molar-refractivity contribution in [1.82, 2.24) is 0 Å². The van der Waals surface area contributed by atoms with E-state index in [0.29, 0.717) is 24.0 Å². The largest absolute Gasteiger partial charge is 0.493 e. The third-order valence-electron chi connectivity index (χ3n) is 5.37. The molecule has 0 aliphatic heterocycles. The molecule has 2 aliphatic carbocycles. The molecule has 1 aromatic carbocycles. The van der Waals surface area contributed by atoms with E-state index < -0.39 is 5.92 Å². The monoisotopic (exact) mass is 343 g/mol. The predicted octanol–water partition coefficient (Wildman–Crippen LogP) is 3.82. The Morgan fingerprint density at radius 3 is 2.76 bits per heavy atom. The molecule has 4 unspecified atom stereocenters. The lowest BCUT2D eigenvalue weighted by Gasteiger charge is -2.24. The third kappa shape index (κ3) is 3.89. The van der Waals surface area contributed by atoms with Crippen LogP contribution in [0, 0.1) is 23.2 Å². The van der Waals surface area contributed by atoms with Crippen molar-refractivity contribution in [3.63, 3.8) is 0 Å². The Hall–Kier alpha value is -2.22. The van der Waals surface area contributed by atoms with Gasteiger partial charge in [0.05, 0.1) is 32.1 Å². The van der Waals surface area contributed by atoms with Crippen molar-refractivity contribution in [3.05, 3.63) is 23.8 Å². The molecule has 134 valence electrons. The van der Waals surface area contributed by atoms with Crippen molar-refractivity contribution < 1.29 is 19.0 Å². The van der Waals surface area contributed by atoms with Gasteiger partial charge in [0.15, 0.2) is 11.5 Å². The zero-order valence-electron chi connectivity index (χ0n) is 14.9. The summed E-state index contributed by atoms with van der Waals surface area (Å²) in [6.45, 7) is 2.08. The van der Waals surface area contributed by atoms with Gasteiger partial charge in [-0.2, -0.15) is 5.26 Å². The van der Waals surface area contributed by atoms with Gasteiger partial charge in [0.2, 0.25) is 0 Å². The molecule has 1 aromatic rings. The molecule has 0 radical (unpaired) electrons. The summed E-state index contributed by atoms with van der Waals surface area (Å²) in [4.78, 5) is 11.7. The molecule has 4 atom stereocenters. The van der Waals surface area contributed by atoms with Gasteiger partial charge in [0.25, 0.3) is 0 Å². The molecule has 25 heavy (non-hydrogen) atoms. The van der Waals surface area contributed by atoms with Gasteiger partial charge in [-0.05, 0) is 62.1 Å². The van der Waals surface area contributed by atoms with Gasteiger partial charge in [-0.25, -0.2) is 0 Å². The lowest BCUT2D eigenvalue weighted by molar-refractivity contribution is -0.143. The first-order valence-corrected chi connectivity index (χ1v) is 9.04.